The van der Waals surface area contributed by atoms with Gasteiger partial charge in [0.2, 0.25) is 0 Å². The minimum absolute atomic E-state index is 0.0789. The van der Waals surface area contributed by atoms with Gasteiger partial charge in [0.25, 0.3) is 0 Å². The van der Waals surface area contributed by atoms with Crippen LogP contribution in [0, 0.1) is 11.5 Å². The standard InChI is InChI=1S/C8H12NO3P/c1-12-8(10)7-4-6(5-13-11)2-3-9-7/h6-7,9H,2-4H2,1H3/t6-,7+/m0/s1. The van der Waals surface area contributed by atoms with Crippen LogP contribution in [0.25, 0.3) is 0 Å². The Labute approximate surface area is 78.2 Å². The molecule has 0 aromatic carbocycles. The number of rotatable bonds is 1. The van der Waals surface area contributed by atoms with Crippen LogP contribution in [-0.4, -0.2) is 25.7 Å². The Balaban J connectivity index is 2.54. The average Bonchev–Trinajstić information content (AvgIpc) is 2.18. The van der Waals surface area contributed by atoms with E-state index in [0.717, 1.165) is 13.0 Å². The van der Waals surface area contributed by atoms with Crippen molar-refractivity contribution in [1.82, 2.24) is 5.32 Å². The maximum absolute atomic E-state index is 11.1. The molecule has 13 heavy (non-hydrogen) atoms. The second kappa shape index (κ2) is 5.23. The molecule has 1 rings (SSSR count). The molecule has 1 aliphatic rings. The molecule has 0 saturated carbocycles. The van der Waals surface area contributed by atoms with E-state index in [9.17, 15) is 9.36 Å². The molecule has 0 radical (unpaired) electrons. The van der Waals surface area contributed by atoms with Crippen LogP contribution >= 0.6 is 7.92 Å². The van der Waals surface area contributed by atoms with Gasteiger partial charge in [-0.15, -0.1) is 0 Å². The van der Waals surface area contributed by atoms with E-state index in [1.54, 1.807) is 0 Å². The molecular formula is C8H12NO3P. The van der Waals surface area contributed by atoms with E-state index < -0.39 is 0 Å². The van der Waals surface area contributed by atoms with E-state index in [1.807, 2.05) is 0 Å². The number of nitrogens with one attached hydrogen (secondary N) is 1. The molecule has 5 heteroatoms. The SMILES string of the molecule is COC(=O)[C@H]1C[C@@H](C#P=O)CCN1. The Morgan fingerprint density at radius 2 is 2.46 bits per heavy atom. The number of piperidine rings is 1. The quantitative estimate of drug-likeness (QED) is 0.503. The van der Waals surface area contributed by atoms with Crippen LogP contribution in [0.2, 0.25) is 0 Å². The number of esters is 1. The number of carbonyl (C=O) groups is 1. The number of hydrogen-bond acceptors (Lipinski definition) is 4. The van der Waals surface area contributed by atoms with Gasteiger partial charge in [-0.25, -0.2) is 0 Å². The minimum atomic E-state index is -0.266. The van der Waals surface area contributed by atoms with Crippen molar-refractivity contribution in [1.29, 1.82) is 0 Å². The zero-order valence-electron chi connectivity index (χ0n) is 7.45. The molecule has 1 N–H and O–H groups in total. The van der Waals surface area contributed by atoms with E-state index in [4.69, 9.17) is 0 Å². The molecule has 2 atom stereocenters. The molecule has 0 spiro atoms. The fourth-order valence-corrected chi connectivity index (χ4v) is 1.81. The first-order chi connectivity index (χ1) is 6.27. The normalized spacial score (nSPS) is 27.5. The Hall–Kier alpha value is -0.560. The summed E-state index contributed by atoms with van der Waals surface area (Å²) in [6, 6.07) is -0.266. The number of carbonyl (C=O) groups excluding carboxylic acids is 1. The van der Waals surface area contributed by atoms with Crippen LogP contribution in [0.15, 0.2) is 0 Å². The molecule has 0 aromatic rings. The number of ether oxygens (including phenoxy) is 1. The van der Waals surface area contributed by atoms with Crippen molar-refractivity contribution in [3.8, 4) is 5.63 Å². The van der Waals surface area contributed by atoms with Crippen LogP contribution in [0.3, 0.4) is 0 Å². The molecule has 4 nitrogen and oxygen atoms in total. The second-order valence-electron chi connectivity index (χ2n) is 2.97. The van der Waals surface area contributed by atoms with Crippen molar-refractivity contribution in [3.05, 3.63) is 0 Å². The third-order valence-corrected chi connectivity index (χ3v) is 2.60. The van der Waals surface area contributed by atoms with E-state index in [1.165, 1.54) is 7.11 Å². The Kier molecular flexibility index (Phi) is 4.23. The van der Waals surface area contributed by atoms with Crippen LogP contribution in [-0.2, 0) is 14.1 Å². The number of methoxy groups -OCH3 is 1. The predicted octanol–water partition coefficient (Wildman–Crippen LogP) is 0.778. The molecule has 0 bridgehead atoms. The summed E-state index contributed by atoms with van der Waals surface area (Å²) in [5, 5.41) is 3.04. The van der Waals surface area contributed by atoms with Gasteiger partial charge in [0.1, 0.15) is 0 Å². The average molecular weight is 201 g/mol. The summed E-state index contributed by atoms with van der Waals surface area (Å²) in [6.45, 7) is 0.743. The fraction of sp³-hybridized carbons (Fsp3) is 0.750. The monoisotopic (exact) mass is 201 g/mol. The van der Waals surface area contributed by atoms with E-state index in [-0.39, 0.29) is 25.8 Å². The zero-order valence-corrected chi connectivity index (χ0v) is 8.34. The molecule has 0 amide bonds. The first-order valence-corrected chi connectivity index (χ1v) is 4.98. The third-order valence-electron chi connectivity index (χ3n) is 2.12. The van der Waals surface area contributed by atoms with Crippen molar-refractivity contribution < 1.29 is 14.1 Å². The summed E-state index contributed by atoms with van der Waals surface area (Å²) in [6.07, 6.45) is 1.50. The first-order valence-electron chi connectivity index (χ1n) is 4.17. The summed E-state index contributed by atoms with van der Waals surface area (Å²) in [5.41, 5.74) is 2.76. The molecule has 72 valence electrons. The Morgan fingerprint density at radius 3 is 3.08 bits per heavy atom. The van der Waals surface area contributed by atoms with Crippen molar-refractivity contribution >= 4 is 13.9 Å². The topological polar surface area (TPSA) is 55.4 Å². The van der Waals surface area contributed by atoms with Crippen LogP contribution in [0.4, 0.5) is 0 Å². The van der Waals surface area contributed by atoms with Gasteiger partial charge in [-0.1, -0.05) is 0 Å². The van der Waals surface area contributed by atoms with Gasteiger partial charge in [-0.2, -0.15) is 0 Å². The second-order valence-corrected chi connectivity index (χ2v) is 3.41. The van der Waals surface area contributed by atoms with Gasteiger partial charge in [0, 0.05) is 0 Å². The van der Waals surface area contributed by atoms with Gasteiger partial charge in [0.15, 0.2) is 0 Å². The van der Waals surface area contributed by atoms with Gasteiger partial charge >= 0.3 is 77.4 Å². The molecule has 1 aliphatic heterocycles. The third kappa shape index (κ3) is 3.00. The van der Waals surface area contributed by atoms with Crippen molar-refractivity contribution in [3.63, 3.8) is 0 Å². The van der Waals surface area contributed by atoms with Gasteiger partial charge in [-0.3, -0.25) is 0 Å². The summed E-state index contributed by atoms with van der Waals surface area (Å²) >= 11 is 0. The van der Waals surface area contributed by atoms with Gasteiger partial charge in [-0.05, 0) is 0 Å². The van der Waals surface area contributed by atoms with Gasteiger partial charge < -0.3 is 0 Å². The fourth-order valence-electron chi connectivity index (χ4n) is 1.43. The van der Waals surface area contributed by atoms with Gasteiger partial charge in [0.05, 0.1) is 0 Å². The van der Waals surface area contributed by atoms with Crippen LogP contribution < -0.4 is 5.32 Å². The maximum atomic E-state index is 11.1. The molecule has 1 saturated heterocycles. The Bertz CT molecular complexity index is 285. The molecule has 1 fully saturated rings. The molecule has 0 unspecified atom stereocenters. The molecule has 1 heterocycles. The summed E-state index contributed by atoms with van der Waals surface area (Å²) in [7, 11) is 1.29. The van der Waals surface area contributed by atoms with Crippen molar-refractivity contribution in [2.24, 2.45) is 5.92 Å². The number of hydrogen-bond donors (Lipinski definition) is 1. The van der Waals surface area contributed by atoms with E-state index in [0.29, 0.717) is 6.42 Å². The van der Waals surface area contributed by atoms with E-state index in [2.05, 4.69) is 15.7 Å². The van der Waals surface area contributed by atoms with Crippen LogP contribution in [0.5, 0.6) is 0 Å². The Morgan fingerprint density at radius 1 is 1.69 bits per heavy atom. The van der Waals surface area contributed by atoms with Crippen LogP contribution in [0.1, 0.15) is 12.8 Å². The molecule has 0 aliphatic carbocycles. The molecule has 0 aromatic heterocycles. The van der Waals surface area contributed by atoms with Crippen molar-refractivity contribution in [2.45, 2.75) is 18.9 Å². The summed E-state index contributed by atoms with van der Waals surface area (Å²) in [4.78, 5) is 11.1. The van der Waals surface area contributed by atoms with E-state index >= 15 is 0 Å². The summed E-state index contributed by atoms with van der Waals surface area (Å²) < 4.78 is 14.9. The van der Waals surface area contributed by atoms with Crippen molar-refractivity contribution in [2.75, 3.05) is 13.7 Å². The zero-order chi connectivity index (χ0) is 9.68. The first kappa shape index (κ1) is 10.5. The summed E-state index contributed by atoms with van der Waals surface area (Å²) in [5.74, 6) is -0.126. The predicted molar refractivity (Wildman–Crippen MR) is 48.0 cm³/mol. The molecular weight excluding hydrogens is 189 g/mol.